The Hall–Kier alpha value is -0.170. The van der Waals surface area contributed by atoms with Crippen molar-refractivity contribution in [3.05, 3.63) is 0 Å². The van der Waals surface area contributed by atoms with E-state index in [2.05, 4.69) is 17.0 Å². The second-order valence-electron chi connectivity index (χ2n) is 5.27. The van der Waals surface area contributed by atoms with Gasteiger partial charge in [0.05, 0.1) is 5.25 Å². The molecule has 0 radical (unpaired) electrons. The summed E-state index contributed by atoms with van der Waals surface area (Å²) in [4.78, 5) is 0. The molecule has 0 aliphatic carbocycles. The second kappa shape index (κ2) is 5.22. The smallest absolute Gasteiger partial charge is 0.214 e. The van der Waals surface area contributed by atoms with Crippen LogP contribution in [0.25, 0.3) is 0 Å². The van der Waals surface area contributed by atoms with E-state index in [1.165, 1.54) is 0 Å². The molecule has 0 amide bonds. The van der Waals surface area contributed by atoms with Crippen molar-refractivity contribution in [3.8, 4) is 0 Å². The molecule has 0 bridgehead atoms. The van der Waals surface area contributed by atoms with Crippen LogP contribution in [0.2, 0.25) is 0 Å². The summed E-state index contributed by atoms with van der Waals surface area (Å²) in [6.45, 7) is 4.66. The van der Waals surface area contributed by atoms with Crippen LogP contribution in [0.15, 0.2) is 0 Å². The number of rotatable bonds is 4. The van der Waals surface area contributed by atoms with E-state index in [4.69, 9.17) is 4.74 Å². The topological polar surface area (TPSA) is 67.4 Å². The predicted molar refractivity (Wildman–Crippen MR) is 66.4 cm³/mol. The molecule has 0 saturated carbocycles. The van der Waals surface area contributed by atoms with Gasteiger partial charge < -0.3 is 10.1 Å². The highest BCUT2D eigenvalue weighted by atomic mass is 32.2. The number of hydrogen-bond acceptors (Lipinski definition) is 4. The lowest BCUT2D eigenvalue weighted by molar-refractivity contribution is 0.0981. The zero-order chi connectivity index (χ0) is 12.4. The van der Waals surface area contributed by atoms with Gasteiger partial charge in [0.25, 0.3) is 0 Å². The number of ether oxygens (including phenoxy) is 1. The molecule has 0 aromatic carbocycles. The molecule has 6 heteroatoms. The highest BCUT2D eigenvalue weighted by molar-refractivity contribution is 7.90. The van der Waals surface area contributed by atoms with Crippen molar-refractivity contribution in [2.24, 2.45) is 0 Å². The molecule has 5 nitrogen and oxygen atoms in total. The van der Waals surface area contributed by atoms with Crippen LogP contribution in [0, 0.1) is 0 Å². The van der Waals surface area contributed by atoms with E-state index in [9.17, 15) is 8.42 Å². The Balaban J connectivity index is 1.88. The lowest BCUT2D eigenvalue weighted by Gasteiger charge is -2.27. The molecule has 100 valence electrons. The number of hydrogen-bond donors (Lipinski definition) is 2. The van der Waals surface area contributed by atoms with E-state index >= 15 is 0 Å². The Bertz CT molecular complexity index is 344. The van der Waals surface area contributed by atoms with Gasteiger partial charge in [-0.05, 0) is 39.2 Å². The van der Waals surface area contributed by atoms with Gasteiger partial charge in [0, 0.05) is 25.3 Å². The first-order chi connectivity index (χ1) is 8.02. The summed E-state index contributed by atoms with van der Waals surface area (Å²) >= 11 is 0. The number of nitrogens with one attached hydrogen (secondary N) is 2. The van der Waals surface area contributed by atoms with Crippen LogP contribution in [0.3, 0.4) is 0 Å². The maximum atomic E-state index is 12.1. The van der Waals surface area contributed by atoms with E-state index in [1.54, 1.807) is 0 Å². The van der Waals surface area contributed by atoms with Crippen molar-refractivity contribution in [2.75, 3.05) is 26.3 Å². The van der Waals surface area contributed by atoms with Crippen LogP contribution in [0.1, 0.15) is 32.6 Å². The minimum Gasteiger partial charge on any atom is -0.381 e. The molecule has 2 saturated heterocycles. The normalized spacial score (nSPS) is 31.8. The van der Waals surface area contributed by atoms with Gasteiger partial charge in [0.1, 0.15) is 0 Å². The minimum atomic E-state index is -3.18. The van der Waals surface area contributed by atoms with Crippen molar-refractivity contribution in [2.45, 2.75) is 43.4 Å². The first-order valence-electron chi connectivity index (χ1n) is 6.33. The SMILES string of the molecule is CC1(CNS(=O)(=O)C2CCOCC2)CCCN1. The first kappa shape index (κ1) is 13.3. The quantitative estimate of drug-likeness (QED) is 0.761. The molecule has 2 N–H and O–H groups in total. The zero-order valence-electron chi connectivity index (χ0n) is 10.4. The highest BCUT2D eigenvalue weighted by Crippen LogP contribution is 2.19. The fourth-order valence-electron chi connectivity index (χ4n) is 2.47. The van der Waals surface area contributed by atoms with Gasteiger partial charge in [-0.1, -0.05) is 0 Å². The summed E-state index contributed by atoms with van der Waals surface area (Å²) in [6, 6.07) is 0. The molecule has 1 atom stereocenters. The van der Waals surface area contributed by atoms with E-state index < -0.39 is 10.0 Å². The Morgan fingerprint density at radius 1 is 1.41 bits per heavy atom. The predicted octanol–water partition coefficient (Wildman–Crippen LogP) is 0.227. The molecule has 0 aromatic rings. The largest absolute Gasteiger partial charge is 0.381 e. The van der Waals surface area contributed by atoms with Crippen LogP contribution in [0.4, 0.5) is 0 Å². The second-order valence-corrected chi connectivity index (χ2v) is 7.31. The molecule has 0 spiro atoms. The molecule has 2 rings (SSSR count). The average Bonchev–Trinajstić information content (AvgIpc) is 2.76. The molecule has 0 aromatic heterocycles. The maximum Gasteiger partial charge on any atom is 0.214 e. The lowest BCUT2D eigenvalue weighted by Crippen LogP contribution is -2.49. The zero-order valence-corrected chi connectivity index (χ0v) is 11.2. The molecule has 2 aliphatic heterocycles. The van der Waals surface area contributed by atoms with Crippen LogP contribution in [0.5, 0.6) is 0 Å². The van der Waals surface area contributed by atoms with Crippen LogP contribution in [-0.2, 0) is 14.8 Å². The van der Waals surface area contributed by atoms with E-state index in [0.717, 1.165) is 19.4 Å². The van der Waals surface area contributed by atoms with Crippen molar-refractivity contribution >= 4 is 10.0 Å². The summed E-state index contributed by atoms with van der Waals surface area (Å²) in [5, 5.41) is 3.08. The fraction of sp³-hybridized carbons (Fsp3) is 1.00. The molecule has 2 heterocycles. The van der Waals surface area contributed by atoms with Crippen molar-refractivity contribution < 1.29 is 13.2 Å². The van der Waals surface area contributed by atoms with Gasteiger partial charge >= 0.3 is 0 Å². The Morgan fingerprint density at radius 2 is 2.12 bits per heavy atom. The Labute approximate surface area is 103 Å². The molecule has 1 unspecified atom stereocenters. The lowest BCUT2D eigenvalue weighted by atomic mass is 10.0. The van der Waals surface area contributed by atoms with Crippen LogP contribution >= 0.6 is 0 Å². The third kappa shape index (κ3) is 3.40. The van der Waals surface area contributed by atoms with E-state index in [1.807, 2.05) is 0 Å². The maximum absolute atomic E-state index is 12.1. The summed E-state index contributed by atoms with van der Waals surface area (Å²) in [7, 11) is -3.18. The van der Waals surface area contributed by atoms with E-state index in [-0.39, 0.29) is 10.8 Å². The fourth-order valence-corrected chi connectivity index (χ4v) is 4.04. The molecular formula is C11H22N2O3S. The third-order valence-electron chi connectivity index (χ3n) is 3.73. The van der Waals surface area contributed by atoms with Crippen molar-refractivity contribution in [3.63, 3.8) is 0 Å². The van der Waals surface area contributed by atoms with Gasteiger partial charge in [-0.15, -0.1) is 0 Å². The van der Waals surface area contributed by atoms with Gasteiger partial charge in [-0.2, -0.15) is 0 Å². The van der Waals surface area contributed by atoms with Crippen molar-refractivity contribution in [1.82, 2.24) is 10.0 Å². The molecular weight excluding hydrogens is 240 g/mol. The van der Waals surface area contributed by atoms with Gasteiger partial charge in [0.15, 0.2) is 0 Å². The molecule has 17 heavy (non-hydrogen) atoms. The van der Waals surface area contributed by atoms with Crippen LogP contribution in [-0.4, -0.2) is 45.5 Å². The monoisotopic (exact) mass is 262 g/mol. The Morgan fingerprint density at radius 3 is 2.71 bits per heavy atom. The van der Waals surface area contributed by atoms with E-state index in [0.29, 0.717) is 32.6 Å². The first-order valence-corrected chi connectivity index (χ1v) is 7.88. The summed E-state index contributed by atoms with van der Waals surface area (Å²) < 4.78 is 32.1. The van der Waals surface area contributed by atoms with Gasteiger partial charge in [-0.3, -0.25) is 0 Å². The highest BCUT2D eigenvalue weighted by Gasteiger charge is 2.32. The average molecular weight is 262 g/mol. The third-order valence-corrected chi connectivity index (χ3v) is 5.62. The van der Waals surface area contributed by atoms with Crippen LogP contribution < -0.4 is 10.0 Å². The molecule has 2 fully saturated rings. The summed E-state index contributed by atoms with van der Waals surface area (Å²) in [5.41, 5.74) is -0.0712. The molecule has 2 aliphatic rings. The minimum absolute atomic E-state index is 0.0712. The van der Waals surface area contributed by atoms with Gasteiger partial charge in [0.2, 0.25) is 10.0 Å². The Kier molecular flexibility index (Phi) is 4.07. The van der Waals surface area contributed by atoms with Crippen molar-refractivity contribution in [1.29, 1.82) is 0 Å². The summed E-state index contributed by atoms with van der Waals surface area (Å²) in [5.74, 6) is 0. The number of sulfonamides is 1. The summed E-state index contributed by atoms with van der Waals surface area (Å²) in [6.07, 6.45) is 3.37. The van der Waals surface area contributed by atoms with Gasteiger partial charge in [-0.25, -0.2) is 13.1 Å². The standard InChI is InChI=1S/C11H22N2O3S/c1-11(5-2-6-12-11)9-13-17(14,15)10-3-7-16-8-4-10/h10,12-13H,2-9H2,1H3.